The summed E-state index contributed by atoms with van der Waals surface area (Å²) in [4.78, 5) is 11.2. The van der Waals surface area contributed by atoms with Crippen LogP contribution in [-0.2, 0) is 9.53 Å². The SMILES string of the molecule is CCOC(=O)[C@@H](N)c1ccccc1. The normalized spacial score (nSPS) is 12.2. The fourth-order valence-electron chi connectivity index (χ4n) is 1.03. The van der Waals surface area contributed by atoms with Gasteiger partial charge in [0.2, 0.25) is 0 Å². The van der Waals surface area contributed by atoms with Gasteiger partial charge in [0, 0.05) is 0 Å². The highest BCUT2D eigenvalue weighted by Gasteiger charge is 2.15. The monoisotopic (exact) mass is 179 g/mol. The summed E-state index contributed by atoms with van der Waals surface area (Å²) in [6, 6.07) is 8.51. The van der Waals surface area contributed by atoms with E-state index in [4.69, 9.17) is 10.5 Å². The first-order chi connectivity index (χ1) is 6.25. The standard InChI is InChI=1S/C10H13NO2/c1-2-13-10(12)9(11)8-6-4-3-5-7-8/h3-7,9H,2,11H2,1H3/t9-/m0/s1. The van der Waals surface area contributed by atoms with Crippen molar-refractivity contribution in [1.82, 2.24) is 0 Å². The molecule has 0 fully saturated rings. The second-order valence-electron chi connectivity index (χ2n) is 2.64. The predicted molar refractivity (Wildman–Crippen MR) is 50.0 cm³/mol. The second kappa shape index (κ2) is 4.62. The summed E-state index contributed by atoms with van der Waals surface area (Å²) in [7, 11) is 0. The number of carbonyl (C=O) groups is 1. The molecule has 0 aliphatic heterocycles. The van der Waals surface area contributed by atoms with Gasteiger partial charge in [-0.15, -0.1) is 0 Å². The zero-order valence-corrected chi connectivity index (χ0v) is 7.57. The Hall–Kier alpha value is -1.35. The number of carbonyl (C=O) groups excluding carboxylic acids is 1. The molecule has 0 aliphatic carbocycles. The first-order valence-corrected chi connectivity index (χ1v) is 4.23. The molecule has 3 heteroatoms. The maximum absolute atomic E-state index is 11.2. The van der Waals surface area contributed by atoms with Crippen molar-refractivity contribution in [3.05, 3.63) is 35.9 Å². The predicted octanol–water partition coefficient (Wildman–Crippen LogP) is 1.25. The molecule has 0 aromatic heterocycles. The molecule has 1 rings (SSSR count). The minimum absolute atomic E-state index is 0.360. The van der Waals surface area contributed by atoms with Crippen molar-refractivity contribution in [2.75, 3.05) is 6.61 Å². The summed E-state index contributed by atoms with van der Waals surface area (Å²) in [5.41, 5.74) is 6.43. The van der Waals surface area contributed by atoms with Crippen LogP contribution >= 0.6 is 0 Å². The molecule has 1 aromatic rings. The van der Waals surface area contributed by atoms with Crippen LogP contribution in [-0.4, -0.2) is 12.6 Å². The molecule has 0 heterocycles. The Morgan fingerprint density at radius 1 is 1.46 bits per heavy atom. The Balaban J connectivity index is 2.68. The second-order valence-corrected chi connectivity index (χ2v) is 2.64. The van der Waals surface area contributed by atoms with E-state index in [-0.39, 0.29) is 5.97 Å². The number of hydrogen-bond donors (Lipinski definition) is 1. The lowest BCUT2D eigenvalue weighted by Crippen LogP contribution is -2.23. The van der Waals surface area contributed by atoms with Crippen molar-refractivity contribution in [1.29, 1.82) is 0 Å². The van der Waals surface area contributed by atoms with E-state index < -0.39 is 6.04 Å². The van der Waals surface area contributed by atoms with E-state index >= 15 is 0 Å². The molecule has 0 unspecified atom stereocenters. The molecule has 13 heavy (non-hydrogen) atoms. The first-order valence-electron chi connectivity index (χ1n) is 4.23. The summed E-state index contributed by atoms with van der Waals surface area (Å²) in [5.74, 6) is -0.381. The third-order valence-corrected chi connectivity index (χ3v) is 1.70. The van der Waals surface area contributed by atoms with Gasteiger partial charge in [0.05, 0.1) is 6.61 Å². The van der Waals surface area contributed by atoms with Gasteiger partial charge in [0.15, 0.2) is 0 Å². The summed E-state index contributed by atoms with van der Waals surface area (Å²) in [6.07, 6.45) is 0. The molecule has 2 N–H and O–H groups in total. The van der Waals surface area contributed by atoms with Crippen molar-refractivity contribution >= 4 is 5.97 Å². The Kier molecular flexibility index (Phi) is 3.46. The molecular weight excluding hydrogens is 166 g/mol. The number of ether oxygens (including phenoxy) is 1. The maximum Gasteiger partial charge on any atom is 0.327 e. The summed E-state index contributed by atoms with van der Waals surface area (Å²) in [6.45, 7) is 2.12. The molecule has 3 nitrogen and oxygen atoms in total. The van der Waals surface area contributed by atoms with Gasteiger partial charge in [0.1, 0.15) is 6.04 Å². The molecule has 0 spiro atoms. The van der Waals surface area contributed by atoms with Crippen molar-refractivity contribution < 1.29 is 9.53 Å². The molecular formula is C10H13NO2. The van der Waals surface area contributed by atoms with Gasteiger partial charge in [-0.3, -0.25) is 0 Å². The van der Waals surface area contributed by atoms with Crippen LogP contribution in [0.4, 0.5) is 0 Å². The van der Waals surface area contributed by atoms with Crippen LogP contribution in [0.3, 0.4) is 0 Å². The molecule has 1 aromatic carbocycles. The summed E-state index contributed by atoms with van der Waals surface area (Å²) in [5, 5.41) is 0. The van der Waals surface area contributed by atoms with Crippen LogP contribution in [0.1, 0.15) is 18.5 Å². The lowest BCUT2D eigenvalue weighted by molar-refractivity contribution is -0.144. The van der Waals surface area contributed by atoms with Crippen molar-refractivity contribution in [2.45, 2.75) is 13.0 Å². The fourth-order valence-corrected chi connectivity index (χ4v) is 1.03. The number of hydrogen-bond acceptors (Lipinski definition) is 3. The van der Waals surface area contributed by atoms with Crippen LogP contribution in [0.15, 0.2) is 30.3 Å². The first kappa shape index (κ1) is 9.74. The molecule has 0 amide bonds. The lowest BCUT2D eigenvalue weighted by Gasteiger charge is -2.09. The van der Waals surface area contributed by atoms with E-state index in [1.165, 1.54) is 0 Å². The molecule has 1 atom stereocenters. The maximum atomic E-state index is 11.2. The largest absolute Gasteiger partial charge is 0.465 e. The van der Waals surface area contributed by atoms with Crippen molar-refractivity contribution in [2.24, 2.45) is 5.73 Å². The Labute approximate surface area is 77.5 Å². The summed E-state index contributed by atoms with van der Waals surface area (Å²) < 4.78 is 4.79. The molecule has 0 bridgehead atoms. The minimum Gasteiger partial charge on any atom is -0.465 e. The average Bonchev–Trinajstić information content (AvgIpc) is 2.18. The van der Waals surface area contributed by atoms with Crippen LogP contribution in [0.25, 0.3) is 0 Å². The third kappa shape index (κ3) is 2.56. The van der Waals surface area contributed by atoms with E-state index in [1.54, 1.807) is 6.92 Å². The Morgan fingerprint density at radius 3 is 2.62 bits per heavy atom. The van der Waals surface area contributed by atoms with Crippen LogP contribution in [0.5, 0.6) is 0 Å². The van der Waals surface area contributed by atoms with Gasteiger partial charge in [-0.05, 0) is 12.5 Å². The van der Waals surface area contributed by atoms with Gasteiger partial charge >= 0.3 is 5.97 Å². The Morgan fingerprint density at radius 2 is 2.08 bits per heavy atom. The van der Waals surface area contributed by atoms with Crippen LogP contribution in [0, 0.1) is 0 Å². The number of rotatable bonds is 3. The van der Waals surface area contributed by atoms with E-state index in [9.17, 15) is 4.79 Å². The van der Waals surface area contributed by atoms with Crippen molar-refractivity contribution in [3.63, 3.8) is 0 Å². The van der Waals surface area contributed by atoms with Gasteiger partial charge in [0.25, 0.3) is 0 Å². The smallest absolute Gasteiger partial charge is 0.327 e. The minimum atomic E-state index is -0.666. The number of esters is 1. The topological polar surface area (TPSA) is 52.3 Å². The van der Waals surface area contributed by atoms with E-state index in [1.807, 2.05) is 30.3 Å². The van der Waals surface area contributed by atoms with Crippen LogP contribution in [0.2, 0.25) is 0 Å². The van der Waals surface area contributed by atoms with Crippen LogP contribution < -0.4 is 5.73 Å². The average molecular weight is 179 g/mol. The highest BCUT2D eigenvalue weighted by Crippen LogP contribution is 2.10. The van der Waals surface area contributed by atoms with Crippen molar-refractivity contribution in [3.8, 4) is 0 Å². The van der Waals surface area contributed by atoms with Gasteiger partial charge in [-0.2, -0.15) is 0 Å². The quantitative estimate of drug-likeness (QED) is 0.710. The number of nitrogens with two attached hydrogens (primary N) is 1. The highest BCUT2D eigenvalue weighted by atomic mass is 16.5. The van der Waals surface area contributed by atoms with E-state index in [0.717, 1.165) is 5.56 Å². The van der Waals surface area contributed by atoms with Gasteiger partial charge in [-0.25, -0.2) is 4.79 Å². The van der Waals surface area contributed by atoms with Gasteiger partial charge < -0.3 is 10.5 Å². The zero-order valence-electron chi connectivity index (χ0n) is 7.57. The molecule has 0 saturated carbocycles. The fraction of sp³-hybridized carbons (Fsp3) is 0.300. The Bertz CT molecular complexity index is 272. The van der Waals surface area contributed by atoms with E-state index in [2.05, 4.69) is 0 Å². The summed E-state index contributed by atoms with van der Waals surface area (Å²) >= 11 is 0. The van der Waals surface area contributed by atoms with E-state index in [0.29, 0.717) is 6.61 Å². The number of benzene rings is 1. The third-order valence-electron chi connectivity index (χ3n) is 1.70. The lowest BCUT2D eigenvalue weighted by atomic mass is 10.1. The molecule has 70 valence electrons. The van der Waals surface area contributed by atoms with Gasteiger partial charge in [-0.1, -0.05) is 30.3 Å². The molecule has 0 radical (unpaired) electrons. The zero-order chi connectivity index (χ0) is 9.68. The molecule has 0 saturated heterocycles. The highest BCUT2D eigenvalue weighted by molar-refractivity contribution is 5.77. The molecule has 0 aliphatic rings.